The number of nitrogens with one attached hydrogen (secondary N) is 1. The van der Waals surface area contributed by atoms with Crippen molar-refractivity contribution in [2.75, 3.05) is 13.2 Å². The van der Waals surface area contributed by atoms with Crippen molar-refractivity contribution in [2.24, 2.45) is 0 Å². The first kappa shape index (κ1) is 9.12. The summed E-state index contributed by atoms with van der Waals surface area (Å²) < 4.78 is 5.57. The van der Waals surface area contributed by atoms with E-state index in [-0.39, 0.29) is 0 Å². The third-order valence-electron chi connectivity index (χ3n) is 2.21. The van der Waals surface area contributed by atoms with Crippen molar-refractivity contribution in [3.63, 3.8) is 0 Å². The van der Waals surface area contributed by atoms with Crippen LogP contribution in [0.25, 0.3) is 0 Å². The quantitative estimate of drug-likeness (QED) is 0.794. The van der Waals surface area contributed by atoms with Gasteiger partial charge in [-0.25, -0.2) is 0 Å². The van der Waals surface area contributed by atoms with Gasteiger partial charge in [0.2, 0.25) is 0 Å². The summed E-state index contributed by atoms with van der Waals surface area (Å²) in [7, 11) is 0. The van der Waals surface area contributed by atoms with Crippen LogP contribution in [0.3, 0.4) is 0 Å². The summed E-state index contributed by atoms with van der Waals surface area (Å²) in [5, 5.41) is 3.40. The summed E-state index contributed by atoms with van der Waals surface area (Å²) in [5.74, 6) is 0. The molecule has 1 unspecified atom stereocenters. The highest BCUT2D eigenvalue weighted by atomic mass is 32.1. The van der Waals surface area contributed by atoms with E-state index in [4.69, 9.17) is 4.74 Å². The molecule has 0 amide bonds. The highest BCUT2D eigenvalue weighted by Gasteiger charge is 2.13. The third-order valence-corrected chi connectivity index (χ3v) is 2.96. The smallest absolute Gasteiger partial charge is 0.0826 e. The van der Waals surface area contributed by atoms with E-state index < -0.39 is 0 Å². The van der Waals surface area contributed by atoms with E-state index in [2.05, 4.69) is 10.3 Å². The van der Waals surface area contributed by atoms with Gasteiger partial charge in [0, 0.05) is 12.2 Å². The standard InChI is InChI=1S/C9H14N2OS/c1-2-8(11-3-1)5-12-6-9-4-10-7-13-9/h4,7-8,11H,1-3,5-6H2. The van der Waals surface area contributed by atoms with Crippen LogP contribution in [0.1, 0.15) is 17.7 Å². The number of thiazole rings is 1. The molecular formula is C9H14N2OS. The van der Waals surface area contributed by atoms with Crippen molar-refractivity contribution in [2.45, 2.75) is 25.5 Å². The van der Waals surface area contributed by atoms with E-state index >= 15 is 0 Å². The molecule has 2 rings (SSSR count). The Morgan fingerprint density at radius 3 is 3.38 bits per heavy atom. The second kappa shape index (κ2) is 4.69. The maximum absolute atomic E-state index is 5.57. The molecule has 0 aliphatic carbocycles. The van der Waals surface area contributed by atoms with Gasteiger partial charge in [0.15, 0.2) is 0 Å². The second-order valence-electron chi connectivity index (χ2n) is 3.28. The first-order chi connectivity index (χ1) is 6.45. The van der Waals surface area contributed by atoms with Gasteiger partial charge in [-0.3, -0.25) is 4.98 Å². The van der Waals surface area contributed by atoms with Crippen molar-refractivity contribution in [1.29, 1.82) is 0 Å². The van der Waals surface area contributed by atoms with E-state index in [0.717, 1.165) is 13.2 Å². The van der Waals surface area contributed by atoms with E-state index in [1.165, 1.54) is 17.7 Å². The Bertz CT molecular complexity index is 232. The minimum Gasteiger partial charge on any atom is -0.374 e. The van der Waals surface area contributed by atoms with E-state index in [1.54, 1.807) is 11.3 Å². The van der Waals surface area contributed by atoms with Gasteiger partial charge in [0.25, 0.3) is 0 Å². The predicted octanol–water partition coefficient (Wildman–Crippen LogP) is 1.41. The molecule has 3 nitrogen and oxygen atoms in total. The van der Waals surface area contributed by atoms with Crippen molar-refractivity contribution < 1.29 is 4.74 Å². The zero-order valence-corrected chi connectivity index (χ0v) is 8.35. The fourth-order valence-corrected chi connectivity index (χ4v) is 2.04. The van der Waals surface area contributed by atoms with Crippen molar-refractivity contribution in [1.82, 2.24) is 10.3 Å². The molecule has 1 N–H and O–H groups in total. The molecular weight excluding hydrogens is 184 g/mol. The van der Waals surface area contributed by atoms with Gasteiger partial charge in [0.05, 0.1) is 23.6 Å². The fraction of sp³-hybridized carbons (Fsp3) is 0.667. The Morgan fingerprint density at radius 1 is 1.69 bits per heavy atom. The summed E-state index contributed by atoms with van der Waals surface area (Å²) >= 11 is 1.65. The molecule has 72 valence electrons. The number of aromatic nitrogens is 1. The van der Waals surface area contributed by atoms with Crippen LogP contribution in [0.5, 0.6) is 0 Å². The monoisotopic (exact) mass is 198 g/mol. The minimum atomic E-state index is 0.577. The minimum absolute atomic E-state index is 0.577. The lowest BCUT2D eigenvalue weighted by Gasteiger charge is -2.09. The molecule has 1 fully saturated rings. The molecule has 13 heavy (non-hydrogen) atoms. The lowest BCUT2D eigenvalue weighted by molar-refractivity contribution is 0.105. The maximum Gasteiger partial charge on any atom is 0.0826 e. The van der Waals surface area contributed by atoms with Crippen LogP contribution in [0, 0.1) is 0 Å². The Hall–Kier alpha value is -0.450. The summed E-state index contributed by atoms with van der Waals surface area (Å²) in [5.41, 5.74) is 1.84. The molecule has 0 bridgehead atoms. The van der Waals surface area contributed by atoms with Gasteiger partial charge in [0.1, 0.15) is 0 Å². The summed E-state index contributed by atoms with van der Waals surface area (Å²) in [6.45, 7) is 2.69. The largest absolute Gasteiger partial charge is 0.374 e. The number of ether oxygens (including phenoxy) is 1. The molecule has 2 heterocycles. The van der Waals surface area contributed by atoms with Crippen LogP contribution in [-0.2, 0) is 11.3 Å². The molecule has 1 aromatic rings. The molecule has 0 spiro atoms. The molecule has 1 aliphatic heterocycles. The van der Waals surface area contributed by atoms with Crippen LogP contribution < -0.4 is 5.32 Å². The Kier molecular flexibility index (Phi) is 3.29. The molecule has 0 saturated carbocycles. The van der Waals surface area contributed by atoms with Crippen molar-refractivity contribution >= 4 is 11.3 Å². The van der Waals surface area contributed by atoms with Crippen molar-refractivity contribution in [3.8, 4) is 0 Å². The van der Waals surface area contributed by atoms with Gasteiger partial charge in [-0.2, -0.15) is 0 Å². The molecule has 1 atom stereocenters. The third kappa shape index (κ3) is 2.76. The Morgan fingerprint density at radius 2 is 2.69 bits per heavy atom. The highest BCUT2D eigenvalue weighted by molar-refractivity contribution is 7.09. The van der Waals surface area contributed by atoms with Gasteiger partial charge in [-0.15, -0.1) is 11.3 Å². The lowest BCUT2D eigenvalue weighted by Crippen LogP contribution is -2.26. The van der Waals surface area contributed by atoms with Gasteiger partial charge >= 0.3 is 0 Å². The molecule has 0 radical (unpaired) electrons. The van der Waals surface area contributed by atoms with E-state index in [9.17, 15) is 0 Å². The average molecular weight is 198 g/mol. The summed E-state index contributed by atoms with van der Waals surface area (Å²) in [6.07, 6.45) is 4.41. The summed E-state index contributed by atoms with van der Waals surface area (Å²) in [6, 6.07) is 0.577. The predicted molar refractivity (Wildman–Crippen MR) is 52.8 cm³/mol. The molecule has 4 heteroatoms. The molecule has 1 aromatic heterocycles. The SMILES string of the molecule is c1ncc(COCC2CCCN2)s1. The second-order valence-corrected chi connectivity index (χ2v) is 4.25. The molecule has 1 saturated heterocycles. The van der Waals surface area contributed by atoms with Crippen LogP contribution in [0.2, 0.25) is 0 Å². The first-order valence-electron chi connectivity index (χ1n) is 4.63. The highest BCUT2D eigenvalue weighted by Crippen LogP contribution is 2.09. The maximum atomic E-state index is 5.57. The van der Waals surface area contributed by atoms with Crippen LogP contribution in [0.15, 0.2) is 11.7 Å². The average Bonchev–Trinajstić information content (AvgIpc) is 2.75. The zero-order chi connectivity index (χ0) is 8.93. The normalized spacial score (nSPS) is 22.3. The number of nitrogens with zero attached hydrogens (tertiary/aromatic N) is 1. The topological polar surface area (TPSA) is 34.1 Å². The van der Waals surface area contributed by atoms with E-state index in [0.29, 0.717) is 12.6 Å². The number of rotatable bonds is 4. The Balaban J connectivity index is 1.63. The Labute approximate surface area is 82.1 Å². The van der Waals surface area contributed by atoms with Crippen molar-refractivity contribution in [3.05, 3.63) is 16.6 Å². The summed E-state index contributed by atoms with van der Waals surface area (Å²) in [4.78, 5) is 5.20. The van der Waals surface area contributed by atoms with Gasteiger partial charge < -0.3 is 10.1 Å². The first-order valence-corrected chi connectivity index (χ1v) is 5.51. The van der Waals surface area contributed by atoms with Crippen LogP contribution in [0.4, 0.5) is 0 Å². The zero-order valence-electron chi connectivity index (χ0n) is 7.53. The fourth-order valence-electron chi connectivity index (χ4n) is 1.51. The van der Waals surface area contributed by atoms with Gasteiger partial charge in [-0.05, 0) is 19.4 Å². The molecule has 0 aromatic carbocycles. The number of hydrogen-bond donors (Lipinski definition) is 1. The number of hydrogen-bond acceptors (Lipinski definition) is 4. The van der Waals surface area contributed by atoms with Crippen LogP contribution in [-0.4, -0.2) is 24.2 Å². The van der Waals surface area contributed by atoms with Gasteiger partial charge in [-0.1, -0.05) is 0 Å². The molecule has 1 aliphatic rings. The van der Waals surface area contributed by atoms with E-state index in [1.807, 2.05) is 11.7 Å². The lowest BCUT2D eigenvalue weighted by atomic mass is 10.2. The van der Waals surface area contributed by atoms with Crippen LogP contribution >= 0.6 is 11.3 Å².